The quantitative estimate of drug-likeness (QED) is 0.248. The third-order valence-electron chi connectivity index (χ3n) is 6.73. The molecule has 0 saturated carbocycles. The molecular weight excluding hydrogens is 464 g/mol. The molecule has 2 aliphatic heterocycles. The summed E-state index contributed by atoms with van der Waals surface area (Å²) in [4.78, 5) is 27.9. The van der Waals surface area contributed by atoms with Crippen LogP contribution in [-0.4, -0.2) is 59.7 Å². The minimum absolute atomic E-state index is 0.0638. The number of nitrogens with zero attached hydrogens (tertiary/aromatic N) is 2. The second-order valence-corrected chi connectivity index (χ2v) is 10.1. The zero-order valence-electron chi connectivity index (χ0n) is 19.7. The van der Waals surface area contributed by atoms with Gasteiger partial charge in [-0.3, -0.25) is 14.5 Å². The molecule has 2 atom stereocenters. The van der Waals surface area contributed by atoms with Gasteiger partial charge in [-0.05, 0) is 36.1 Å². The zero-order chi connectivity index (χ0) is 24.4. The fourth-order valence-corrected chi connectivity index (χ4v) is 5.73. The van der Waals surface area contributed by atoms with E-state index < -0.39 is 10.9 Å². The molecule has 8 nitrogen and oxygen atoms in total. The third kappa shape index (κ3) is 4.95. The summed E-state index contributed by atoms with van der Waals surface area (Å²) in [7, 11) is 0. The van der Waals surface area contributed by atoms with Gasteiger partial charge >= 0.3 is 0 Å². The van der Waals surface area contributed by atoms with E-state index in [1.807, 2.05) is 49.4 Å². The van der Waals surface area contributed by atoms with Crippen LogP contribution in [0.25, 0.3) is 0 Å². The number of anilines is 3. The average molecular weight is 495 g/mol. The topological polar surface area (TPSA) is 94.1 Å². The Morgan fingerprint density at radius 3 is 2.66 bits per heavy atom. The molecule has 0 bridgehead atoms. The van der Waals surface area contributed by atoms with Gasteiger partial charge in [0, 0.05) is 32.2 Å². The fourth-order valence-electron chi connectivity index (χ4n) is 4.70. The number of para-hydroxylation sites is 1. The standard InChI is InChI=1S/C26H30N4O4S/c1-2-19(17-7-4-3-5-8-17)27-22-23(26(33)25(22)32)28-20-9-6-10-21(24(20)31)35-30-12-11-29-13-14-34-16-18(29)15-30/h3-10,18-19,27-28,31H,2,11-16H2,1H3/t18?,19-/m1/s1. The number of phenolic OH excluding ortho intramolecular Hbond substituents is 1. The monoisotopic (exact) mass is 494 g/mol. The highest BCUT2D eigenvalue weighted by Gasteiger charge is 2.31. The molecule has 2 aliphatic rings. The largest absolute Gasteiger partial charge is 0.505 e. The van der Waals surface area contributed by atoms with Crippen LogP contribution < -0.4 is 21.5 Å². The summed E-state index contributed by atoms with van der Waals surface area (Å²) in [5.74, 6) is 0.0638. The van der Waals surface area contributed by atoms with Crippen LogP contribution in [0.3, 0.4) is 0 Å². The predicted molar refractivity (Wildman–Crippen MR) is 139 cm³/mol. The number of aromatic hydroxyl groups is 1. The highest BCUT2D eigenvalue weighted by atomic mass is 32.2. The Morgan fingerprint density at radius 1 is 1.06 bits per heavy atom. The van der Waals surface area contributed by atoms with Crippen LogP contribution in [-0.2, 0) is 4.74 Å². The van der Waals surface area contributed by atoms with Crippen molar-refractivity contribution < 1.29 is 9.84 Å². The first-order chi connectivity index (χ1) is 17.0. The Bertz CT molecular complexity index is 1240. The van der Waals surface area contributed by atoms with E-state index in [9.17, 15) is 14.7 Å². The van der Waals surface area contributed by atoms with Gasteiger partial charge in [0.1, 0.15) is 11.4 Å². The second kappa shape index (κ2) is 10.4. The van der Waals surface area contributed by atoms with Gasteiger partial charge in [0.25, 0.3) is 10.9 Å². The van der Waals surface area contributed by atoms with Crippen LogP contribution in [0, 0.1) is 0 Å². The number of benzene rings is 2. The summed E-state index contributed by atoms with van der Waals surface area (Å²) in [6, 6.07) is 15.5. The van der Waals surface area contributed by atoms with Crippen molar-refractivity contribution in [2.75, 3.05) is 50.0 Å². The smallest absolute Gasteiger partial charge is 0.253 e. The van der Waals surface area contributed by atoms with E-state index >= 15 is 0 Å². The van der Waals surface area contributed by atoms with E-state index in [2.05, 4.69) is 19.8 Å². The number of piperazine rings is 1. The summed E-state index contributed by atoms with van der Waals surface area (Å²) in [6.07, 6.45) is 0.749. The molecule has 0 aromatic heterocycles. The molecule has 35 heavy (non-hydrogen) atoms. The number of nitrogens with one attached hydrogen (secondary N) is 2. The lowest BCUT2D eigenvalue weighted by atomic mass is 10.0. The summed E-state index contributed by atoms with van der Waals surface area (Å²) in [6.45, 7) is 7.22. The van der Waals surface area contributed by atoms with E-state index in [0.29, 0.717) is 16.6 Å². The Hall–Kier alpha value is -2.85. The van der Waals surface area contributed by atoms with Gasteiger partial charge in [-0.2, -0.15) is 0 Å². The highest BCUT2D eigenvalue weighted by molar-refractivity contribution is 7.97. The van der Waals surface area contributed by atoms with Gasteiger partial charge in [0.15, 0.2) is 5.75 Å². The molecular formula is C26H30N4O4S. The highest BCUT2D eigenvalue weighted by Crippen LogP contribution is 2.39. The summed E-state index contributed by atoms with van der Waals surface area (Å²) >= 11 is 1.51. The lowest BCUT2D eigenvalue weighted by Gasteiger charge is -2.43. The number of hydrogen-bond donors (Lipinski definition) is 3. The fraction of sp³-hybridized carbons (Fsp3) is 0.385. The number of fused-ring (bicyclic) bond motifs is 1. The van der Waals surface area contributed by atoms with Gasteiger partial charge in [-0.15, -0.1) is 0 Å². The van der Waals surface area contributed by atoms with E-state index in [1.54, 1.807) is 6.07 Å². The number of rotatable bonds is 8. The summed E-state index contributed by atoms with van der Waals surface area (Å²) in [5, 5.41) is 17.2. The van der Waals surface area contributed by atoms with Crippen molar-refractivity contribution in [3.63, 3.8) is 0 Å². The van der Waals surface area contributed by atoms with Gasteiger partial charge in [0.2, 0.25) is 0 Å². The molecule has 0 amide bonds. The predicted octanol–water partition coefficient (Wildman–Crippen LogP) is 3.32. The lowest BCUT2D eigenvalue weighted by Crippen LogP contribution is -2.56. The third-order valence-corrected chi connectivity index (χ3v) is 7.84. The Balaban J connectivity index is 1.31. The molecule has 2 fully saturated rings. The van der Waals surface area contributed by atoms with Crippen LogP contribution in [0.2, 0.25) is 0 Å². The van der Waals surface area contributed by atoms with Crippen molar-refractivity contribution in [2.24, 2.45) is 0 Å². The Morgan fingerprint density at radius 2 is 1.86 bits per heavy atom. The van der Waals surface area contributed by atoms with Crippen LogP contribution >= 0.6 is 11.9 Å². The molecule has 5 rings (SSSR count). The van der Waals surface area contributed by atoms with E-state index in [4.69, 9.17) is 4.74 Å². The summed E-state index contributed by atoms with van der Waals surface area (Å²) in [5.41, 5.74) is 0.767. The van der Waals surface area contributed by atoms with Gasteiger partial charge in [0.05, 0.1) is 29.8 Å². The molecule has 3 N–H and O–H groups in total. The molecule has 0 radical (unpaired) electrons. The molecule has 184 valence electrons. The van der Waals surface area contributed by atoms with Crippen molar-refractivity contribution in [1.29, 1.82) is 0 Å². The van der Waals surface area contributed by atoms with E-state index in [-0.39, 0.29) is 23.2 Å². The number of ether oxygens (including phenoxy) is 1. The second-order valence-electron chi connectivity index (χ2n) is 8.95. The molecule has 3 aromatic carbocycles. The van der Waals surface area contributed by atoms with Crippen LogP contribution in [0.4, 0.5) is 17.1 Å². The molecule has 2 heterocycles. The molecule has 0 spiro atoms. The minimum atomic E-state index is -0.582. The van der Waals surface area contributed by atoms with Crippen molar-refractivity contribution in [3.8, 4) is 5.75 Å². The maximum absolute atomic E-state index is 12.4. The van der Waals surface area contributed by atoms with Crippen LogP contribution in [0.5, 0.6) is 5.75 Å². The van der Waals surface area contributed by atoms with Crippen molar-refractivity contribution in [2.45, 2.75) is 30.3 Å². The lowest BCUT2D eigenvalue weighted by molar-refractivity contribution is -0.0291. The van der Waals surface area contributed by atoms with E-state index in [1.165, 1.54) is 11.9 Å². The van der Waals surface area contributed by atoms with Gasteiger partial charge in [-0.1, -0.05) is 43.3 Å². The maximum Gasteiger partial charge on any atom is 0.253 e. The molecule has 3 aromatic rings. The molecule has 2 saturated heterocycles. The molecule has 9 heteroatoms. The average Bonchev–Trinajstić information content (AvgIpc) is 2.90. The van der Waals surface area contributed by atoms with Crippen molar-refractivity contribution in [3.05, 3.63) is 74.5 Å². The van der Waals surface area contributed by atoms with Crippen molar-refractivity contribution in [1.82, 2.24) is 9.21 Å². The summed E-state index contributed by atoms with van der Waals surface area (Å²) < 4.78 is 7.87. The first-order valence-corrected chi connectivity index (χ1v) is 12.8. The Kier molecular flexibility index (Phi) is 7.10. The first-order valence-electron chi connectivity index (χ1n) is 12.0. The van der Waals surface area contributed by atoms with Gasteiger partial charge < -0.3 is 20.5 Å². The number of hydrogen-bond acceptors (Lipinski definition) is 9. The number of morpholine rings is 1. The van der Waals surface area contributed by atoms with E-state index in [0.717, 1.165) is 51.4 Å². The van der Waals surface area contributed by atoms with Gasteiger partial charge in [-0.25, -0.2) is 4.31 Å². The first kappa shape index (κ1) is 23.9. The van der Waals surface area contributed by atoms with Crippen LogP contribution in [0.15, 0.2) is 63.0 Å². The molecule has 1 unspecified atom stereocenters. The molecule has 0 aliphatic carbocycles. The zero-order valence-corrected chi connectivity index (χ0v) is 20.5. The Labute approximate surface area is 208 Å². The maximum atomic E-state index is 12.4. The van der Waals surface area contributed by atoms with Crippen molar-refractivity contribution >= 4 is 29.0 Å². The SMILES string of the molecule is CC[C@@H](Nc1c(Nc2cccc(SN3CCN4CCOCC4C3)c2O)c(=O)c1=O)c1ccccc1. The van der Waals surface area contributed by atoms with Crippen LogP contribution in [0.1, 0.15) is 24.9 Å². The normalized spacial score (nSPS) is 19.9. The minimum Gasteiger partial charge on any atom is -0.505 e. The number of phenols is 1.